The fraction of sp³-hybridized carbons (Fsp3) is 0.684. The number of rotatable bonds is 7. The van der Waals surface area contributed by atoms with E-state index in [-0.39, 0.29) is 5.91 Å². The van der Waals surface area contributed by atoms with Crippen LogP contribution in [-0.2, 0) is 9.53 Å². The molecule has 24 heavy (non-hydrogen) atoms. The van der Waals surface area contributed by atoms with Crippen molar-refractivity contribution in [3.63, 3.8) is 0 Å². The highest BCUT2D eigenvalue weighted by Gasteiger charge is 2.38. The molecule has 1 saturated carbocycles. The number of nitrogens with one attached hydrogen (secondary N) is 1. The molecule has 0 saturated heterocycles. The molecule has 1 fully saturated rings. The van der Waals surface area contributed by atoms with Gasteiger partial charge in [0.25, 0.3) is 5.91 Å². The van der Waals surface area contributed by atoms with Crippen molar-refractivity contribution in [2.75, 3.05) is 19.0 Å². The average Bonchev–Trinajstić information content (AvgIpc) is 2.84. The molecule has 134 valence electrons. The molecule has 1 N–H and O–H groups in total. The smallest absolute Gasteiger partial charge is 0.256 e. The quantitative estimate of drug-likeness (QED) is 0.598. The number of carbonyl (C=O) groups is 1. The fourth-order valence-electron chi connectivity index (χ4n) is 3.13. The van der Waals surface area contributed by atoms with E-state index in [4.69, 9.17) is 9.47 Å². The van der Waals surface area contributed by atoms with Crippen LogP contribution in [-0.4, -0.2) is 30.2 Å². The normalized spacial score (nSPS) is 17.1. The lowest BCUT2D eigenvalue weighted by Crippen LogP contribution is -2.44. The van der Waals surface area contributed by atoms with E-state index >= 15 is 0 Å². The number of hydrogen-bond acceptors (Lipinski definition) is 4. The summed E-state index contributed by atoms with van der Waals surface area (Å²) in [7, 11) is 1.64. The summed E-state index contributed by atoms with van der Waals surface area (Å²) >= 11 is 0. The largest absolute Gasteiger partial charge is 0.478 e. The van der Waals surface area contributed by atoms with E-state index in [1.54, 1.807) is 7.11 Å². The van der Waals surface area contributed by atoms with Gasteiger partial charge in [-0.3, -0.25) is 4.79 Å². The Morgan fingerprint density at radius 2 is 1.96 bits per heavy atom. The molecule has 5 heteroatoms. The number of hydrogen-bond donors (Lipinski definition) is 1. The van der Waals surface area contributed by atoms with Gasteiger partial charge in [0, 0.05) is 13.2 Å². The lowest BCUT2D eigenvalue weighted by Gasteiger charge is -2.30. The first-order chi connectivity index (χ1) is 11.6. The minimum absolute atomic E-state index is 0.0588. The van der Waals surface area contributed by atoms with E-state index in [1.165, 1.54) is 12.8 Å². The van der Waals surface area contributed by atoms with E-state index in [0.29, 0.717) is 12.5 Å². The summed E-state index contributed by atoms with van der Waals surface area (Å²) in [5, 5.41) is 3.01. The molecule has 0 bridgehead atoms. The third-order valence-electron chi connectivity index (χ3n) is 4.77. The van der Waals surface area contributed by atoms with Crippen molar-refractivity contribution in [1.29, 1.82) is 0 Å². The fourth-order valence-corrected chi connectivity index (χ4v) is 3.13. The molecule has 1 aromatic heterocycles. The maximum Gasteiger partial charge on any atom is 0.256 e. The van der Waals surface area contributed by atoms with Gasteiger partial charge in [-0.25, -0.2) is 4.98 Å². The number of methoxy groups -OCH3 is 1. The van der Waals surface area contributed by atoms with Crippen molar-refractivity contribution < 1.29 is 14.3 Å². The molecule has 0 aliphatic heterocycles. The van der Waals surface area contributed by atoms with Gasteiger partial charge in [0.1, 0.15) is 5.60 Å². The Morgan fingerprint density at radius 3 is 2.54 bits per heavy atom. The van der Waals surface area contributed by atoms with E-state index in [0.717, 1.165) is 49.9 Å². The highest BCUT2D eigenvalue weighted by molar-refractivity contribution is 5.97. The van der Waals surface area contributed by atoms with Crippen molar-refractivity contribution in [2.24, 2.45) is 0 Å². The first kappa shape index (κ1) is 18.7. The highest BCUT2D eigenvalue weighted by Crippen LogP contribution is 2.31. The second kappa shape index (κ2) is 9.02. The molecule has 0 spiro atoms. The van der Waals surface area contributed by atoms with Crippen LogP contribution in [0, 0.1) is 6.92 Å². The van der Waals surface area contributed by atoms with Crippen LogP contribution in [0.4, 0.5) is 5.69 Å². The van der Waals surface area contributed by atoms with E-state index in [2.05, 4.69) is 17.2 Å². The van der Waals surface area contributed by atoms with Crippen LogP contribution in [0.3, 0.4) is 0 Å². The first-order valence-electron chi connectivity index (χ1n) is 9.08. The first-order valence-corrected chi connectivity index (χ1v) is 9.08. The summed E-state index contributed by atoms with van der Waals surface area (Å²) in [6, 6.07) is 3.67. The third kappa shape index (κ3) is 4.69. The maximum absolute atomic E-state index is 12.8. The van der Waals surface area contributed by atoms with Crippen molar-refractivity contribution in [3.8, 4) is 5.88 Å². The summed E-state index contributed by atoms with van der Waals surface area (Å²) < 4.78 is 11.3. The molecule has 0 aromatic carbocycles. The second-order valence-corrected chi connectivity index (χ2v) is 6.55. The van der Waals surface area contributed by atoms with Crippen LogP contribution < -0.4 is 10.1 Å². The number of amides is 1. The molecular formula is C19H30N2O3. The Kier molecular flexibility index (Phi) is 7.03. The third-order valence-corrected chi connectivity index (χ3v) is 4.77. The topological polar surface area (TPSA) is 60.5 Å². The number of aryl methyl sites for hydroxylation is 1. The van der Waals surface area contributed by atoms with Crippen molar-refractivity contribution in [3.05, 3.63) is 17.8 Å². The van der Waals surface area contributed by atoms with Gasteiger partial charge in [-0.2, -0.15) is 0 Å². The second-order valence-electron chi connectivity index (χ2n) is 6.55. The number of unbranched alkanes of at least 4 members (excludes halogenated alkanes) is 1. The minimum Gasteiger partial charge on any atom is -0.478 e. The molecular weight excluding hydrogens is 304 g/mol. The summed E-state index contributed by atoms with van der Waals surface area (Å²) in [5.41, 5.74) is 0.778. The molecule has 1 heterocycles. The van der Waals surface area contributed by atoms with Crippen LogP contribution in [0.2, 0.25) is 0 Å². The Morgan fingerprint density at radius 1 is 1.25 bits per heavy atom. The van der Waals surface area contributed by atoms with Crippen molar-refractivity contribution in [1.82, 2.24) is 4.98 Å². The number of ether oxygens (including phenoxy) is 2. The lowest BCUT2D eigenvalue weighted by atomic mass is 9.93. The van der Waals surface area contributed by atoms with E-state index in [1.807, 2.05) is 19.1 Å². The average molecular weight is 334 g/mol. The molecule has 0 unspecified atom stereocenters. The van der Waals surface area contributed by atoms with Gasteiger partial charge in [-0.1, -0.05) is 39.0 Å². The zero-order valence-corrected chi connectivity index (χ0v) is 15.2. The summed E-state index contributed by atoms with van der Waals surface area (Å²) in [5.74, 6) is 0.548. The zero-order valence-electron chi connectivity index (χ0n) is 15.2. The summed E-state index contributed by atoms with van der Waals surface area (Å²) in [6.07, 6.45) is 8.05. The Bertz CT molecular complexity index is 537. The number of aromatic nitrogens is 1. The van der Waals surface area contributed by atoms with Gasteiger partial charge in [-0.05, 0) is 32.3 Å². The SMILES string of the molecule is CCCCOc1ccc(NC(=O)C2(OC)CCCCCC2)c(C)n1. The number of nitrogens with zero attached hydrogens (tertiary/aromatic N) is 1. The van der Waals surface area contributed by atoms with Gasteiger partial charge in [0.2, 0.25) is 5.88 Å². The molecule has 1 aliphatic carbocycles. The van der Waals surface area contributed by atoms with Crippen molar-refractivity contribution in [2.45, 2.75) is 70.8 Å². The number of pyridine rings is 1. The minimum atomic E-state index is -0.709. The van der Waals surface area contributed by atoms with Gasteiger partial charge < -0.3 is 14.8 Å². The molecule has 1 aromatic rings. The zero-order chi connectivity index (χ0) is 17.4. The Labute approximate surface area is 145 Å². The van der Waals surface area contributed by atoms with Crippen LogP contribution in [0.1, 0.15) is 64.0 Å². The van der Waals surface area contributed by atoms with Gasteiger partial charge >= 0.3 is 0 Å². The molecule has 1 amide bonds. The molecule has 2 rings (SSSR count). The van der Waals surface area contributed by atoms with Gasteiger partial charge in [0.15, 0.2) is 0 Å². The molecule has 5 nitrogen and oxygen atoms in total. The van der Waals surface area contributed by atoms with Crippen LogP contribution in [0.25, 0.3) is 0 Å². The van der Waals surface area contributed by atoms with Crippen LogP contribution in [0.5, 0.6) is 5.88 Å². The van der Waals surface area contributed by atoms with Crippen LogP contribution >= 0.6 is 0 Å². The van der Waals surface area contributed by atoms with Gasteiger partial charge in [-0.15, -0.1) is 0 Å². The predicted molar refractivity (Wildman–Crippen MR) is 95.4 cm³/mol. The summed E-state index contributed by atoms with van der Waals surface area (Å²) in [6.45, 7) is 4.68. The van der Waals surface area contributed by atoms with Crippen molar-refractivity contribution >= 4 is 11.6 Å². The van der Waals surface area contributed by atoms with Gasteiger partial charge in [0.05, 0.1) is 18.0 Å². The monoisotopic (exact) mass is 334 g/mol. The highest BCUT2D eigenvalue weighted by atomic mass is 16.5. The lowest BCUT2D eigenvalue weighted by molar-refractivity contribution is -0.139. The predicted octanol–water partition coefficient (Wildman–Crippen LogP) is 4.25. The summed E-state index contributed by atoms with van der Waals surface area (Å²) in [4.78, 5) is 17.3. The Balaban J connectivity index is 2.04. The standard InChI is InChI=1S/C19H30N2O3/c1-4-5-14-24-17-11-10-16(15(2)20-17)21-18(22)19(23-3)12-8-6-7-9-13-19/h10-11H,4-9,12-14H2,1-3H3,(H,21,22). The van der Waals surface area contributed by atoms with E-state index in [9.17, 15) is 4.79 Å². The Hall–Kier alpha value is -1.62. The van der Waals surface area contributed by atoms with Crippen LogP contribution in [0.15, 0.2) is 12.1 Å². The molecule has 0 atom stereocenters. The molecule has 1 aliphatic rings. The molecule has 0 radical (unpaired) electrons. The van der Waals surface area contributed by atoms with E-state index < -0.39 is 5.60 Å². The number of anilines is 1. The number of carbonyl (C=O) groups excluding carboxylic acids is 1. The maximum atomic E-state index is 12.8.